The van der Waals surface area contributed by atoms with Crippen molar-refractivity contribution >= 4 is 40.6 Å². The summed E-state index contributed by atoms with van der Waals surface area (Å²) in [5, 5.41) is -0.368. The van der Waals surface area contributed by atoms with Gasteiger partial charge in [0.2, 0.25) is 10.8 Å². The highest BCUT2D eigenvalue weighted by molar-refractivity contribution is 8.03. The molecule has 2 unspecified atom stereocenters. The van der Waals surface area contributed by atoms with Crippen LogP contribution >= 0.6 is 11.8 Å². The van der Waals surface area contributed by atoms with E-state index in [1.54, 1.807) is 17.0 Å². The molecule has 0 saturated carbocycles. The van der Waals surface area contributed by atoms with Gasteiger partial charge in [0, 0.05) is 43.1 Å². The van der Waals surface area contributed by atoms with Gasteiger partial charge in [-0.2, -0.15) is 0 Å². The number of fused-ring (bicyclic) bond motifs is 2. The number of benzene rings is 3. The first-order chi connectivity index (χ1) is 18.9. The Morgan fingerprint density at radius 1 is 0.923 bits per heavy atom. The molecule has 2 atom stereocenters. The average Bonchev–Trinajstić information content (AvgIpc) is 3.35. The number of nitrogens with zero attached hydrogens (tertiary/aromatic N) is 4. The van der Waals surface area contributed by atoms with Gasteiger partial charge in [-0.1, -0.05) is 18.2 Å². The standard InChI is InChI=1S/C30H31FN4O3S/c1-3-38-25-14-12-24(13-15-25)35-28(36)21(2)39-30(35)26-6-4-5-7-27(26)34(29(30)37)20-32-16-18-33(19-17-32)23-10-8-22(31)9-11-23/h4-15,21H,3,16-20H2,1-2H3. The van der Waals surface area contributed by atoms with E-state index in [0.29, 0.717) is 19.0 Å². The summed E-state index contributed by atoms with van der Waals surface area (Å²) in [7, 11) is 0. The van der Waals surface area contributed by atoms with Crippen molar-refractivity contribution in [3.05, 3.63) is 84.2 Å². The number of piperazine rings is 1. The largest absolute Gasteiger partial charge is 0.494 e. The van der Waals surface area contributed by atoms with Crippen LogP contribution in [-0.2, 0) is 14.5 Å². The Kier molecular flexibility index (Phi) is 6.72. The van der Waals surface area contributed by atoms with Gasteiger partial charge in [0.25, 0.3) is 5.91 Å². The lowest BCUT2D eigenvalue weighted by atomic mass is 10.0. The second kappa shape index (κ2) is 10.2. The van der Waals surface area contributed by atoms with E-state index in [2.05, 4.69) is 9.80 Å². The number of hydrogen-bond donors (Lipinski definition) is 0. The molecule has 3 aliphatic heterocycles. The molecule has 202 valence electrons. The van der Waals surface area contributed by atoms with Crippen molar-refractivity contribution in [3.8, 4) is 5.75 Å². The van der Waals surface area contributed by atoms with Crippen LogP contribution in [0.25, 0.3) is 0 Å². The van der Waals surface area contributed by atoms with Gasteiger partial charge in [-0.3, -0.25) is 24.3 Å². The first-order valence-electron chi connectivity index (χ1n) is 13.3. The highest BCUT2D eigenvalue weighted by Gasteiger charge is 2.63. The lowest BCUT2D eigenvalue weighted by Crippen LogP contribution is -2.54. The van der Waals surface area contributed by atoms with Crippen LogP contribution in [0.15, 0.2) is 72.8 Å². The lowest BCUT2D eigenvalue weighted by Gasteiger charge is -2.38. The molecule has 0 radical (unpaired) electrons. The van der Waals surface area contributed by atoms with Crippen molar-refractivity contribution in [2.24, 2.45) is 0 Å². The fourth-order valence-electron chi connectivity index (χ4n) is 5.74. The number of thioether (sulfide) groups is 1. The zero-order chi connectivity index (χ0) is 27.1. The fraction of sp³-hybridized carbons (Fsp3) is 0.333. The zero-order valence-corrected chi connectivity index (χ0v) is 22.9. The highest BCUT2D eigenvalue weighted by atomic mass is 32.2. The molecule has 3 aromatic carbocycles. The molecule has 7 nitrogen and oxygen atoms in total. The van der Waals surface area contributed by atoms with Gasteiger partial charge in [-0.25, -0.2) is 4.39 Å². The predicted octanol–water partition coefficient (Wildman–Crippen LogP) is 4.67. The molecule has 2 saturated heterocycles. The minimum atomic E-state index is -1.16. The summed E-state index contributed by atoms with van der Waals surface area (Å²) in [6.45, 7) is 7.88. The molecule has 39 heavy (non-hydrogen) atoms. The predicted molar refractivity (Wildman–Crippen MR) is 153 cm³/mol. The third kappa shape index (κ3) is 4.33. The summed E-state index contributed by atoms with van der Waals surface area (Å²) < 4.78 is 19.0. The van der Waals surface area contributed by atoms with Gasteiger partial charge in [0.15, 0.2) is 0 Å². The summed E-state index contributed by atoms with van der Waals surface area (Å²) in [4.78, 5) is 34.9. The second-order valence-corrected chi connectivity index (χ2v) is 11.5. The first-order valence-corrected chi connectivity index (χ1v) is 14.2. The fourth-order valence-corrected chi connectivity index (χ4v) is 7.27. The van der Waals surface area contributed by atoms with Crippen molar-refractivity contribution in [1.29, 1.82) is 0 Å². The molecule has 6 rings (SSSR count). The van der Waals surface area contributed by atoms with Crippen LogP contribution in [-0.4, -0.2) is 61.4 Å². The summed E-state index contributed by atoms with van der Waals surface area (Å²) in [5.41, 5.74) is 3.36. The maximum Gasteiger partial charge on any atom is 0.269 e. The minimum Gasteiger partial charge on any atom is -0.494 e. The van der Waals surface area contributed by atoms with Crippen molar-refractivity contribution in [3.63, 3.8) is 0 Å². The van der Waals surface area contributed by atoms with E-state index < -0.39 is 4.87 Å². The number of anilines is 3. The number of amides is 2. The van der Waals surface area contributed by atoms with Crippen molar-refractivity contribution in [1.82, 2.24) is 4.90 Å². The van der Waals surface area contributed by atoms with Crippen LogP contribution < -0.4 is 19.4 Å². The molecule has 0 N–H and O–H groups in total. The topological polar surface area (TPSA) is 56.3 Å². The number of rotatable bonds is 6. The van der Waals surface area contributed by atoms with Crippen molar-refractivity contribution in [2.75, 3.05) is 54.2 Å². The molecule has 1 spiro atoms. The molecule has 2 fully saturated rings. The van der Waals surface area contributed by atoms with Gasteiger partial charge < -0.3 is 9.64 Å². The summed E-state index contributed by atoms with van der Waals surface area (Å²) in [6.07, 6.45) is 0. The van der Waals surface area contributed by atoms with Gasteiger partial charge in [-0.05, 0) is 68.4 Å². The molecule has 0 aliphatic carbocycles. The summed E-state index contributed by atoms with van der Waals surface area (Å²) >= 11 is 1.41. The number of halogens is 1. The number of para-hydroxylation sites is 1. The number of carbonyl (C=O) groups excluding carboxylic acids is 2. The Morgan fingerprint density at radius 2 is 1.59 bits per heavy atom. The van der Waals surface area contributed by atoms with Crippen LogP contribution in [0, 0.1) is 5.82 Å². The summed E-state index contributed by atoms with van der Waals surface area (Å²) in [5.74, 6) is 0.305. The molecule has 3 aliphatic rings. The Hall–Kier alpha value is -3.56. The van der Waals surface area contributed by atoms with E-state index in [1.165, 1.54) is 23.9 Å². The lowest BCUT2D eigenvalue weighted by molar-refractivity contribution is -0.124. The molecular formula is C30H31FN4O3S. The summed E-state index contributed by atoms with van der Waals surface area (Å²) in [6, 6.07) is 21.8. The normalized spacial score (nSPS) is 23.2. The van der Waals surface area contributed by atoms with Crippen molar-refractivity contribution in [2.45, 2.75) is 24.0 Å². The Bertz CT molecular complexity index is 1380. The van der Waals surface area contributed by atoms with E-state index in [9.17, 15) is 14.0 Å². The monoisotopic (exact) mass is 546 g/mol. The number of carbonyl (C=O) groups is 2. The third-order valence-electron chi connectivity index (χ3n) is 7.64. The van der Waals surface area contributed by atoms with Gasteiger partial charge in [-0.15, -0.1) is 11.8 Å². The maximum absolute atomic E-state index is 14.4. The molecule has 3 heterocycles. The first kappa shape index (κ1) is 25.7. The molecule has 0 aromatic heterocycles. The second-order valence-electron chi connectivity index (χ2n) is 9.98. The van der Waals surface area contributed by atoms with E-state index >= 15 is 0 Å². The Labute approximate surface area is 232 Å². The Balaban J connectivity index is 1.27. The van der Waals surface area contributed by atoms with Crippen LogP contribution in [0.1, 0.15) is 19.4 Å². The van der Waals surface area contributed by atoms with Gasteiger partial charge in [0.05, 0.1) is 24.2 Å². The highest BCUT2D eigenvalue weighted by Crippen LogP contribution is 2.57. The van der Waals surface area contributed by atoms with E-state index in [4.69, 9.17) is 4.74 Å². The molecule has 9 heteroatoms. The molecule has 2 amide bonds. The van der Waals surface area contributed by atoms with Gasteiger partial charge >= 0.3 is 0 Å². The van der Waals surface area contributed by atoms with E-state index in [0.717, 1.165) is 48.9 Å². The Morgan fingerprint density at radius 3 is 2.28 bits per heavy atom. The van der Waals surface area contributed by atoms with E-state index in [1.807, 2.05) is 67.3 Å². The zero-order valence-electron chi connectivity index (χ0n) is 22.0. The maximum atomic E-state index is 14.4. The van der Waals surface area contributed by atoms with Gasteiger partial charge in [0.1, 0.15) is 11.6 Å². The third-order valence-corrected chi connectivity index (χ3v) is 9.11. The molecular weight excluding hydrogens is 515 g/mol. The van der Waals surface area contributed by atoms with Crippen LogP contribution in [0.4, 0.5) is 21.5 Å². The van der Waals surface area contributed by atoms with Crippen molar-refractivity contribution < 1.29 is 18.7 Å². The van der Waals surface area contributed by atoms with Crippen LogP contribution in [0.5, 0.6) is 5.75 Å². The SMILES string of the molecule is CCOc1ccc(N2C(=O)C(C)SC23C(=O)N(CN2CCN(c4ccc(F)cc4)CC2)c2ccccc23)cc1. The number of ether oxygens (including phenoxy) is 1. The van der Waals surface area contributed by atoms with Crippen LogP contribution in [0.2, 0.25) is 0 Å². The number of hydrogen-bond acceptors (Lipinski definition) is 6. The molecule has 0 bridgehead atoms. The van der Waals surface area contributed by atoms with Crippen LogP contribution in [0.3, 0.4) is 0 Å². The van der Waals surface area contributed by atoms with E-state index in [-0.39, 0.29) is 22.9 Å². The molecule has 3 aromatic rings. The smallest absolute Gasteiger partial charge is 0.269 e. The quantitative estimate of drug-likeness (QED) is 0.448. The average molecular weight is 547 g/mol. The minimum absolute atomic E-state index is 0.0814.